The van der Waals surface area contributed by atoms with Crippen molar-refractivity contribution in [2.45, 2.75) is 71.7 Å². The second kappa shape index (κ2) is 17.6. The molecule has 2 aromatic heterocycles. The molecule has 13 heteroatoms. The summed E-state index contributed by atoms with van der Waals surface area (Å²) in [6.45, 7) is 8.53. The molecule has 2 aromatic carbocycles. The molecular formula is C40H46ClFN6O5. The van der Waals surface area contributed by atoms with Gasteiger partial charge in [-0.05, 0) is 88.0 Å². The summed E-state index contributed by atoms with van der Waals surface area (Å²) in [5.41, 5.74) is 5.46. The van der Waals surface area contributed by atoms with E-state index in [1.54, 1.807) is 57.3 Å². The van der Waals surface area contributed by atoms with Crippen LogP contribution in [0.1, 0.15) is 67.2 Å². The number of ether oxygens (including phenoxy) is 2. The van der Waals surface area contributed by atoms with Crippen molar-refractivity contribution < 1.29 is 28.2 Å². The predicted molar refractivity (Wildman–Crippen MR) is 204 cm³/mol. The Morgan fingerprint density at radius 1 is 1.09 bits per heavy atom. The minimum absolute atomic E-state index is 0.0367. The van der Waals surface area contributed by atoms with Gasteiger partial charge in [-0.1, -0.05) is 41.9 Å². The van der Waals surface area contributed by atoms with Gasteiger partial charge in [0, 0.05) is 60.3 Å². The lowest BCUT2D eigenvalue weighted by Gasteiger charge is -2.29. The van der Waals surface area contributed by atoms with Crippen molar-refractivity contribution in [1.82, 2.24) is 25.5 Å². The van der Waals surface area contributed by atoms with Gasteiger partial charge in [0.1, 0.15) is 17.0 Å². The highest BCUT2D eigenvalue weighted by molar-refractivity contribution is 6.35. The Bertz CT molecular complexity index is 1930. The highest BCUT2D eigenvalue weighted by Crippen LogP contribution is 2.39. The van der Waals surface area contributed by atoms with E-state index in [0.29, 0.717) is 66.6 Å². The number of nitrogens with one attached hydrogen (secondary N) is 3. The molecule has 0 aliphatic carbocycles. The van der Waals surface area contributed by atoms with Crippen LogP contribution in [0.3, 0.4) is 0 Å². The molecule has 1 saturated heterocycles. The van der Waals surface area contributed by atoms with E-state index in [0.717, 1.165) is 27.8 Å². The highest BCUT2D eigenvalue weighted by atomic mass is 35.5. The van der Waals surface area contributed by atoms with Crippen molar-refractivity contribution in [3.63, 3.8) is 0 Å². The maximum atomic E-state index is 13.4. The molecule has 5 rings (SSSR count). The molecule has 0 bridgehead atoms. The minimum atomic E-state index is -0.688. The van der Waals surface area contributed by atoms with Crippen molar-refractivity contribution >= 4 is 35.2 Å². The SMILES string of the molecule is COc1cc(-c2nccc(-c3cccc(NC(=O)c4ccc(CN(C[C@@H]5CCC(=O)N5)C(=O)OC(C)(C)C)cn4)c3C)c2Cl)ccc1CNCCCF. The van der Waals surface area contributed by atoms with Crippen LogP contribution in [0, 0.1) is 6.92 Å². The Kier molecular flexibility index (Phi) is 13.0. The molecule has 53 heavy (non-hydrogen) atoms. The molecule has 11 nitrogen and oxygen atoms in total. The third-order valence-corrected chi connectivity index (χ3v) is 9.12. The smallest absolute Gasteiger partial charge is 0.410 e. The van der Waals surface area contributed by atoms with Crippen LogP contribution >= 0.6 is 11.6 Å². The van der Waals surface area contributed by atoms with Crippen LogP contribution in [0.5, 0.6) is 5.75 Å². The fourth-order valence-corrected chi connectivity index (χ4v) is 6.36. The number of alkyl halides is 1. The van der Waals surface area contributed by atoms with Crippen LogP contribution in [0.2, 0.25) is 5.02 Å². The standard InChI is InChI=1S/C40H46ClFN6O5/c1-25-30(31-16-19-44-37(36(31)41)27-11-12-28(34(20-27)52-5)22-43-18-7-17-42)8-6-9-32(25)47-38(50)33-14-10-26(21-45-33)23-48(39(51)53-40(2,3)4)24-29-13-15-35(49)46-29/h6,8-12,14,16,19-21,29,43H,7,13,15,17-18,22-24H2,1-5H3,(H,46,49)(H,47,50)/t29-/m0/s1. The minimum Gasteiger partial charge on any atom is -0.496 e. The normalized spacial score (nSPS) is 14.1. The first-order chi connectivity index (χ1) is 25.4. The van der Waals surface area contributed by atoms with Crippen LogP contribution in [-0.2, 0) is 22.6 Å². The first kappa shape index (κ1) is 39.1. The summed E-state index contributed by atoms with van der Waals surface area (Å²) < 4.78 is 23.8. The molecule has 1 fully saturated rings. The van der Waals surface area contributed by atoms with Gasteiger partial charge in [-0.15, -0.1) is 0 Å². The van der Waals surface area contributed by atoms with E-state index in [1.807, 2.05) is 49.4 Å². The number of nitrogens with zero attached hydrogens (tertiary/aromatic N) is 3. The van der Waals surface area contributed by atoms with Gasteiger partial charge in [0.2, 0.25) is 5.91 Å². The Morgan fingerprint density at radius 3 is 2.58 bits per heavy atom. The zero-order valence-electron chi connectivity index (χ0n) is 30.7. The largest absolute Gasteiger partial charge is 0.496 e. The molecule has 4 aromatic rings. The number of amides is 3. The Labute approximate surface area is 314 Å². The Balaban J connectivity index is 1.30. The van der Waals surface area contributed by atoms with Crippen LogP contribution in [0.4, 0.5) is 14.9 Å². The van der Waals surface area contributed by atoms with Crippen molar-refractivity contribution in [2.24, 2.45) is 0 Å². The van der Waals surface area contributed by atoms with Crippen molar-refractivity contribution in [3.8, 4) is 28.1 Å². The lowest BCUT2D eigenvalue weighted by molar-refractivity contribution is -0.119. The number of carbonyl (C=O) groups is 3. The average Bonchev–Trinajstić information content (AvgIpc) is 3.54. The van der Waals surface area contributed by atoms with Gasteiger partial charge in [0.25, 0.3) is 5.91 Å². The number of hydrogen-bond donors (Lipinski definition) is 3. The van der Waals surface area contributed by atoms with Crippen LogP contribution in [-0.4, -0.2) is 71.3 Å². The number of halogens is 2. The molecular weight excluding hydrogens is 699 g/mol. The summed E-state index contributed by atoms with van der Waals surface area (Å²) >= 11 is 7.01. The molecule has 0 radical (unpaired) electrons. The van der Waals surface area contributed by atoms with E-state index in [-0.39, 0.29) is 30.9 Å². The zero-order valence-corrected chi connectivity index (χ0v) is 31.5. The van der Waals surface area contributed by atoms with Crippen LogP contribution in [0.15, 0.2) is 67.0 Å². The molecule has 0 saturated carbocycles. The van der Waals surface area contributed by atoms with Gasteiger partial charge < -0.3 is 30.3 Å². The molecule has 3 heterocycles. The second-order valence-electron chi connectivity index (χ2n) is 13.9. The van der Waals surface area contributed by atoms with Crippen molar-refractivity contribution in [2.75, 3.05) is 32.2 Å². The fraction of sp³-hybridized carbons (Fsp3) is 0.375. The molecule has 0 unspecified atom stereocenters. The Morgan fingerprint density at radius 2 is 1.91 bits per heavy atom. The van der Waals surface area contributed by atoms with E-state index in [4.69, 9.17) is 21.1 Å². The van der Waals surface area contributed by atoms with E-state index in [9.17, 15) is 18.8 Å². The van der Waals surface area contributed by atoms with Crippen LogP contribution < -0.4 is 20.7 Å². The quantitative estimate of drug-likeness (QED) is 0.113. The van der Waals surface area contributed by atoms with Crippen molar-refractivity contribution in [3.05, 3.63) is 94.4 Å². The number of anilines is 1. The van der Waals surface area contributed by atoms with Gasteiger partial charge in [0.05, 0.1) is 31.0 Å². The summed E-state index contributed by atoms with van der Waals surface area (Å²) in [5, 5.41) is 9.54. The van der Waals surface area contributed by atoms with Crippen LogP contribution in [0.25, 0.3) is 22.4 Å². The third-order valence-electron chi connectivity index (χ3n) is 8.73. The lowest BCUT2D eigenvalue weighted by Crippen LogP contribution is -2.43. The van der Waals surface area contributed by atoms with Crippen molar-refractivity contribution in [1.29, 1.82) is 0 Å². The Hall–Kier alpha value is -5.07. The summed E-state index contributed by atoms with van der Waals surface area (Å²) in [4.78, 5) is 48.7. The topological polar surface area (TPSA) is 135 Å². The average molecular weight is 745 g/mol. The maximum absolute atomic E-state index is 13.4. The number of rotatable bonds is 14. The maximum Gasteiger partial charge on any atom is 0.410 e. The summed E-state index contributed by atoms with van der Waals surface area (Å²) in [6.07, 6.45) is 4.27. The number of benzene rings is 2. The van der Waals surface area contributed by atoms with Gasteiger partial charge in [-0.2, -0.15) is 0 Å². The monoisotopic (exact) mass is 744 g/mol. The molecule has 3 N–H and O–H groups in total. The van der Waals surface area contributed by atoms with Gasteiger partial charge in [-0.3, -0.25) is 23.9 Å². The first-order valence-electron chi connectivity index (χ1n) is 17.6. The second-order valence-corrected chi connectivity index (χ2v) is 14.3. The van der Waals surface area contributed by atoms with E-state index in [2.05, 4.69) is 25.9 Å². The van der Waals surface area contributed by atoms with Gasteiger partial charge >= 0.3 is 6.09 Å². The number of carbonyl (C=O) groups excluding carboxylic acids is 3. The zero-order chi connectivity index (χ0) is 38.1. The number of methoxy groups -OCH3 is 1. The molecule has 3 amide bonds. The summed E-state index contributed by atoms with van der Waals surface area (Å²) in [7, 11) is 1.60. The highest BCUT2D eigenvalue weighted by Gasteiger charge is 2.28. The number of aromatic nitrogens is 2. The third kappa shape index (κ3) is 10.3. The molecule has 0 spiro atoms. The van der Waals surface area contributed by atoms with Gasteiger partial charge in [0.15, 0.2) is 0 Å². The fourth-order valence-electron chi connectivity index (χ4n) is 6.04. The van der Waals surface area contributed by atoms with Gasteiger partial charge in [-0.25, -0.2) is 4.79 Å². The molecule has 280 valence electrons. The van der Waals surface area contributed by atoms with E-state index >= 15 is 0 Å². The summed E-state index contributed by atoms with van der Waals surface area (Å²) in [5.74, 6) is 0.230. The lowest BCUT2D eigenvalue weighted by atomic mass is 9.97. The first-order valence-corrected chi connectivity index (χ1v) is 18.0. The molecule has 1 aliphatic rings. The van der Waals surface area contributed by atoms with E-state index < -0.39 is 17.6 Å². The summed E-state index contributed by atoms with van der Waals surface area (Å²) in [6, 6.07) is 16.4. The number of pyridine rings is 2. The molecule has 1 atom stereocenters. The molecule has 1 aliphatic heterocycles. The predicted octanol–water partition coefficient (Wildman–Crippen LogP) is 7.50. The van der Waals surface area contributed by atoms with E-state index in [1.165, 1.54) is 0 Å². The number of hydrogen-bond acceptors (Lipinski definition) is 8.